The molecule has 184 valence electrons. The van der Waals surface area contributed by atoms with Gasteiger partial charge in [0.25, 0.3) is 5.91 Å². The van der Waals surface area contributed by atoms with Gasteiger partial charge in [0.2, 0.25) is 0 Å². The van der Waals surface area contributed by atoms with Crippen LogP contribution in [0.4, 0.5) is 10.1 Å². The average molecular weight is 503 g/mol. The fourth-order valence-electron chi connectivity index (χ4n) is 5.05. The molecule has 0 bridgehead atoms. The molecule has 7 heteroatoms. The van der Waals surface area contributed by atoms with Gasteiger partial charge >= 0.3 is 0 Å². The van der Waals surface area contributed by atoms with Crippen molar-refractivity contribution in [3.63, 3.8) is 0 Å². The minimum atomic E-state index is -0.519. The lowest BCUT2D eigenvalue weighted by Gasteiger charge is -2.36. The van der Waals surface area contributed by atoms with E-state index in [1.807, 2.05) is 49.6 Å². The zero-order valence-corrected chi connectivity index (χ0v) is 21.0. The van der Waals surface area contributed by atoms with E-state index in [4.69, 9.17) is 4.74 Å². The Balaban J connectivity index is 1.55. The van der Waals surface area contributed by atoms with Crippen LogP contribution in [-0.4, -0.2) is 18.3 Å². The third-order valence-electron chi connectivity index (χ3n) is 6.64. The van der Waals surface area contributed by atoms with E-state index in [1.54, 1.807) is 11.3 Å². The van der Waals surface area contributed by atoms with Crippen LogP contribution in [-0.2, 0) is 9.59 Å². The number of ether oxygens (including phenoxy) is 1. The number of hydrogen-bond acceptors (Lipinski definition) is 5. The van der Waals surface area contributed by atoms with E-state index in [9.17, 15) is 14.0 Å². The first kappa shape index (κ1) is 24.0. The molecule has 1 aromatic heterocycles. The van der Waals surface area contributed by atoms with E-state index in [2.05, 4.69) is 16.7 Å². The van der Waals surface area contributed by atoms with Crippen molar-refractivity contribution in [2.45, 2.75) is 38.5 Å². The van der Waals surface area contributed by atoms with Crippen molar-refractivity contribution in [2.24, 2.45) is 0 Å². The van der Waals surface area contributed by atoms with Crippen molar-refractivity contribution < 1.29 is 18.7 Å². The number of Topliss-reactive ketones (excluding diaryl/α,β-unsaturated/α-hetero) is 1. The first-order valence-corrected chi connectivity index (χ1v) is 12.9. The molecule has 0 fully saturated rings. The second-order valence-electron chi connectivity index (χ2n) is 9.00. The number of dihydropyridines is 1. The highest BCUT2D eigenvalue weighted by atomic mass is 32.1. The van der Waals surface area contributed by atoms with E-state index in [-0.39, 0.29) is 23.4 Å². The smallest absolute Gasteiger partial charge is 0.254 e. The highest BCUT2D eigenvalue weighted by molar-refractivity contribution is 7.10. The summed E-state index contributed by atoms with van der Waals surface area (Å²) in [7, 11) is 0. The lowest BCUT2D eigenvalue weighted by Crippen LogP contribution is -2.37. The zero-order valence-electron chi connectivity index (χ0n) is 20.1. The van der Waals surface area contributed by atoms with E-state index >= 15 is 0 Å². The lowest BCUT2D eigenvalue weighted by molar-refractivity contribution is -0.116. The summed E-state index contributed by atoms with van der Waals surface area (Å²) < 4.78 is 19.0. The Labute approximate surface area is 213 Å². The monoisotopic (exact) mass is 502 g/mol. The normalized spacial score (nSPS) is 19.6. The van der Waals surface area contributed by atoms with Crippen LogP contribution in [0.1, 0.15) is 49.0 Å². The summed E-state index contributed by atoms with van der Waals surface area (Å²) in [6, 6.07) is 17.3. The molecule has 0 saturated heterocycles. The van der Waals surface area contributed by atoms with E-state index in [0.717, 1.165) is 17.0 Å². The fourth-order valence-corrected chi connectivity index (χ4v) is 5.88. The summed E-state index contributed by atoms with van der Waals surface area (Å²) >= 11 is 1.66. The van der Waals surface area contributed by atoms with Gasteiger partial charge in [-0.3, -0.25) is 9.59 Å². The van der Waals surface area contributed by atoms with E-state index in [1.165, 1.54) is 29.1 Å². The van der Waals surface area contributed by atoms with Crippen LogP contribution in [0.5, 0.6) is 5.75 Å². The summed E-state index contributed by atoms with van der Waals surface area (Å²) in [6.07, 6.45) is 1.11. The number of ketones is 1. The van der Waals surface area contributed by atoms with Crippen molar-refractivity contribution >= 4 is 28.7 Å². The summed E-state index contributed by atoms with van der Waals surface area (Å²) in [6.45, 7) is 4.34. The second-order valence-corrected chi connectivity index (χ2v) is 9.98. The third-order valence-corrected chi connectivity index (χ3v) is 7.68. The van der Waals surface area contributed by atoms with Gasteiger partial charge in [0.05, 0.1) is 6.61 Å². The van der Waals surface area contributed by atoms with Gasteiger partial charge in [-0.1, -0.05) is 18.2 Å². The van der Waals surface area contributed by atoms with Crippen LogP contribution in [0.2, 0.25) is 0 Å². The molecule has 0 saturated carbocycles. The molecule has 0 radical (unpaired) electrons. The van der Waals surface area contributed by atoms with Crippen molar-refractivity contribution in [3.8, 4) is 5.75 Å². The van der Waals surface area contributed by atoms with Gasteiger partial charge in [0, 0.05) is 51.4 Å². The molecule has 0 unspecified atom stereocenters. The molecule has 2 heterocycles. The molecule has 2 aromatic carbocycles. The predicted octanol–water partition coefficient (Wildman–Crippen LogP) is 6.29. The van der Waals surface area contributed by atoms with Crippen LogP contribution in [0, 0.1) is 5.82 Å². The SMILES string of the molecule is CCOc1ccc([C@@H]2C(C(=O)Nc3ccc(F)cc3)=C(C)NC3=C2C(=O)C[C@@H](c2cccs2)C3)cc1. The van der Waals surface area contributed by atoms with Gasteiger partial charge in [0.1, 0.15) is 11.6 Å². The summed E-state index contributed by atoms with van der Waals surface area (Å²) in [5, 5.41) is 8.31. The highest BCUT2D eigenvalue weighted by Crippen LogP contribution is 2.46. The fraction of sp³-hybridized carbons (Fsp3) is 0.241. The zero-order chi connectivity index (χ0) is 25.2. The van der Waals surface area contributed by atoms with Gasteiger partial charge in [-0.05, 0) is 73.7 Å². The Kier molecular flexibility index (Phi) is 6.74. The van der Waals surface area contributed by atoms with Gasteiger partial charge in [-0.15, -0.1) is 11.3 Å². The van der Waals surface area contributed by atoms with Crippen LogP contribution >= 0.6 is 11.3 Å². The number of allylic oxidation sites excluding steroid dienone is 3. The van der Waals surface area contributed by atoms with Crippen molar-refractivity contribution in [3.05, 3.63) is 105 Å². The number of halogens is 1. The standard InChI is InChI=1S/C29H27FN2O3S/c1-3-35-22-12-6-18(7-13-22)27-26(29(34)32-21-10-8-20(30)9-11-21)17(2)31-23-15-19(16-24(33)28(23)27)25-5-4-14-36-25/h4-14,19,27,31H,3,15-16H2,1-2H3,(H,32,34)/t19-,27+/m0/s1. The molecule has 2 N–H and O–H groups in total. The van der Waals surface area contributed by atoms with E-state index < -0.39 is 5.92 Å². The van der Waals surface area contributed by atoms with Crippen molar-refractivity contribution in [1.29, 1.82) is 0 Å². The Bertz CT molecular complexity index is 1340. The quantitative estimate of drug-likeness (QED) is 0.416. The number of anilines is 1. The molecule has 3 aromatic rings. The molecule has 1 aliphatic carbocycles. The number of benzene rings is 2. The molecular formula is C29H27FN2O3S. The number of rotatable bonds is 6. The molecule has 1 amide bonds. The molecule has 5 nitrogen and oxygen atoms in total. The molecule has 5 rings (SSSR count). The Morgan fingerprint density at radius 2 is 1.86 bits per heavy atom. The predicted molar refractivity (Wildman–Crippen MR) is 140 cm³/mol. The van der Waals surface area contributed by atoms with Gasteiger partial charge in [-0.25, -0.2) is 4.39 Å². The molecule has 36 heavy (non-hydrogen) atoms. The summed E-state index contributed by atoms with van der Waals surface area (Å²) in [5.41, 5.74) is 4.02. The maximum atomic E-state index is 13.6. The first-order valence-electron chi connectivity index (χ1n) is 12.0. The molecular weight excluding hydrogens is 475 g/mol. The average Bonchev–Trinajstić information content (AvgIpc) is 3.40. The molecule has 1 aliphatic heterocycles. The van der Waals surface area contributed by atoms with Gasteiger partial charge < -0.3 is 15.4 Å². The number of carbonyl (C=O) groups excluding carboxylic acids is 2. The van der Waals surface area contributed by atoms with Gasteiger partial charge in [0.15, 0.2) is 5.78 Å². The minimum absolute atomic E-state index is 0.0422. The van der Waals surface area contributed by atoms with Crippen LogP contribution in [0.15, 0.2) is 88.6 Å². The van der Waals surface area contributed by atoms with Gasteiger partial charge in [-0.2, -0.15) is 0 Å². The number of hydrogen-bond donors (Lipinski definition) is 2. The van der Waals surface area contributed by atoms with Crippen LogP contribution < -0.4 is 15.4 Å². The molecule has 2 atom stereocenters. The number of amides is 1. The van der Waals surface area contributed by atoms with Crippen molar-refractivity contribution in [1.82, 2.24) is 5.32 Å². The Hall–Kier alpha value is -3.71. The number of thiophene rings is 1. The third kappa shape index (κ3) is 4.71. The number of nitrogens with one attached hydrogen (secondary N) is 2. The van der Waals surface area contributed by atoms with Crippen LogP contribution in [0.3, 0.4) is 0 Å². The second kappa shape index (κ2) is 10.1. The highest BCUT2D eigenvalue weighted by Gasteiger charge is 2.41. The van der Waals surface area contributed by atoms with Crippen molar-refractivity contribution in [2.75, 3.05) is 11.9 Å². The van der Waals surface area contributed by atoms with E-state index in [0.29, 0.717) is 42.0 Å². The Morgan fingerprint density at radius 1 is 1.11 bits per heavy atom. The molecule has 0 spiro atoms. The summed E-state index contributed by atoms with van der Waals surface area (Å²) in [4.78, 5) is 28.4. The topological polar surface area (TPSA) is 67.4 Å². The Morgan fingerprint density at radius 3 is 2.53 bits per heavy atom. The summed E-state index contributed by atoms with van der Waals surface area (Å²) in [5.74, 6) is -0.333. The number of carbonyl (C=O) groups is 2. The maximum Gasteiger partial charge on any atom is 0.254 e. The van der Waals surface area contributed by atoms with Crippen LogP contribution in [0.25, 0.3) is 0 Å². The lowest BCUT2D eigenvalue weighted by atomic mass is 9.72. The minimum Gasteiger partial charge on any atom is -0.494 e. The maximum absolute atomic E-state index is 13.6. The largest absolute Gasteiger partial charge is 0.494 e. The molecule has 2 aliphatic rings. The first-order chi connectivity index (χ1) is 17.4.